The highest BCUT2D eigenvalue weighted by atomic mass is 19.1. The number of carbonyl (C=O) groups is 1. The molecule has 0 saturated carbocycles. The molecule has 0 radical (unpaired) electrons. The van der Waals surface area contributed by atoms with Gasteiger partial charge in [0.2, 0.25) is 5.76 Å². The normalized spacial score (nSPS) is 10.5. The van der Waals surface area contributed by atoms with Crippen LogP contribution < -0.4 is 0 Å². The molecule has 2 rings (SSSR count). The Labute approximate surface area is 103 Å². The van der Waals surface area contributed by atoms with Crippen molar-refractivity contribution in [1.82, 2.24) is 5.16 Å². The number of rotatable bonds is 5. The van der Waals surface area contributed by atoms with Crippen LogP contribution in [-0.4, -0.2) is 22.9 Å². The first-order valence-corrected chi connectivity index (χ1v) is 5.56. The average molecular weight is 249 g/mol. The maximum Gasteiger partial charge on any atom is 0.374 e. The van der Waals surface area contributed by atoms with E-state index in [0.29, 0.717) is 18.5 Å². The Hall–Kier alpha value is -2.17. The van der Waals surface area contributed by atoms with Crippen LogP contribution in [0.5, 0.6) is 0 Å². The van der Waals surface area contributed by atoms with Crippen LogP contribution in [0.15, 0.2) is 34.9 Å². The van der Waals surface area contributed by atoms with Gasteiger partial charge >= 0.3 is 5.97 Å². The van der Waals surface area contributed by atoms with Gasteiger partial charge in [0.25, 0.3) is 0 Å². The van der Waals surface area contributed by atoms with Gasteiger partial charge in [-0.15, -0.1) is 0 Å². The van der Waals surface area contributed by atoms with Crippen LogP contribution in [0.2, 0.25) is 0 Å². The first-order chi connectivity index (χ1) is 8.70. The summed E-state index contributed by atoms with van der Waals surface area (Å²) in [6.07, 6.45) is 1.20. The van der Waals surface area contributed by atoms with Gasteiger partial charge in [0.05, 0.1) is 6.67 Å². The average Bonchev–Trinajstić information content (AvgIpc) is 2.87. The van der Waals surface area contributed by atoms with Crippen molar-refractivity contribution in [2.75, 3.05) is 6.67 Å². The number of aromatic nitrogens is 1. The second kappa shape index (κ2) is 5.44. The minimum Gasteiger partial charge on any atom is -0.475 e. The summed E-state index contributed by atoms with van der Waals surface area (Å²) in [5.74, 6) is -1.33. The molecule has 5 heteroatoms. The fraction of sp³-hybridized carbons (Fsp3) is 0.231. The van der Waals surface area contributed by atoms with Crippen LogP contribution >= 0.6 is 0 Å². The molecule has 1 N–H and O–H groups in total. The van der Waals surface area contributed by atoms with Crippen LogP contribution in [0, 0.1) is 0 Å². The molecule has 1 aromatic carbocycles. The lowest BCUT2D eigenvalue weighted by Crippen LogP contribution is -1.91. The van der Waals surface area contributed by atoms with E-state index >= 15 is 0 Å². The van der Waals surface area contributed by atoms with Gasteiger partial charge in [-0.25, -0.2) is 4.79 Å². The number of aromatic carboxylic acids is 1. The van der Waals surface area contributed by atoms with Crippen LogP contribution in [0.3, 0.4) is 0 Å². The monoisotopic (exact) mass is 249 g/mol. The third-order valence-electron chi connectivity index (χ3n) is 2.57. The van der Waals surface area contributed by atoms with E-state index in [4.69, 9.17) is 5.11 Å². The van der Waals surface area contributed by atoms with E-state index in [2.05, 4.69) is 9.68 Å². The van der Waals surface area contributed by atoms with Crippen LogP contribution in [0.1, 0.15) is 22.5 Å². The Kier molecular flexibility index (Phi) is 3.72. The second-order valence-corrected chi connectivity index (χ2v) is 3.87. The molecular formula is C13H12FNO3. The van der Waals surface area contributed by atoms with Gasteiger partial charge in [0.1, 0.15) is 5.69 Å². The molecule has 18 heavy (non-hydrogen) atoms. The van der Waals surface area contributed by atoms with Crippen molar-refractivity contribution >= 4 is 5.97 Å². The van der Waals surface area contributed by atoms with Gasteiger partial charge in [0.15, 0.2) is 0 Å². The summed E-state index contributed by atoms with van der Waals surface area (Å²) in [7, 11) is 0. The third-order valence-corrected chi connectivity index (χ3v) is 2.57. The highest BCUT2D eigenvalue weighted by molar-refractivity contribution is 5.85. The van der Waals surface area contributed by atoms with E-state index in [1.165, 1.54) is 6.07 Å². The lowest BCUT2D eigenvalue weighted by molar-refractivity contribution is 0.0652. The number of nitrogens with zero attached hydrogens (tertiary/aromatic N) is 1. The van der Waals surface area contributed by atoms with E-state index in [-0.39, 0.29) is 12.4 Å². The predicted octanol–water partition coefficient (Wildman–Crippen LogP) is 2.94. The Balaban J connectivity index is 2.15. The van der Waals surface area contributed by atoms with Crippen molar-refractivity contribution in [2.45, 2.75) is 12.8 Å². The maximum atomic E-state index is 12.0. The van der Waals surface area contributed by atoms with Gasteiger partial charge in [-0.3, -0.25) is 4.39 Å². The van der Waals surface area contributed by atoms with Crippen LogP contribution in [0.4, 0.5) is 4.39 Å². The van der Waals surface area contributed by atoms with Crippen LogP contribution in [-0.2, 0) is 6.42 Å². The van der Waals surface area contributed by atoms with Gasteiger partial charge in [0, 0.05) is 11.6 Å². The van der Waals surface area contributed by atoms with Crippen molar-refractivity contribution in [3.8, 4) is 11.3 Å². The molecule has 0 fully saturated rings. The molecule has 0 aliphatic carbocycles. The van der Waals surface area contributed by atoms with E-state index in [9.17, 15) is 9.18 Å². The summed E-state index contributed by atoms with van der Waals surface area (Å²) >= 11 is 0. The number of carboxylic acids is 1. The Morgan fingerprint density at radius 3 is 2.61 bits per heavy atom. The van der Waals surface area contributed by atoms with Gasteiger partial charge < -0.3 is 9.63 Å². The van der Waals surface area contributed by atoms with Gasteiger partial charge in [-0.1, -0.05) is 29.4 Å². The lowest BCUT2D eigenvalue weighted by atomic mass is 10.1. The number of hydrogen-bond donors (Lipinski definition) is 1. The standard InChI is InChI=1S/C13H12FNO3/c14-7-1-2-9-3-5-10(6-4-9)11-8-12(13(16)17)18-15-11/h3-6,8H,1-2,7H2,(H,16,17). The molecule has 0 bridgehead atoms. The zero-order valence-corrected chi connectivity index (χ0v) is 9.60. The largest absolute Gasteiger partial charge is 0.475 e. The number of benzene rings is 1. The second-order valence-electron chi connectivity index (χ2n) is 3.87. The molecule has 0 aliphatic rings. The number of carboxylic acid groups (broad SMARTS) is 1. The molecule has 4 nitrogen and oxygen atoms in total. The highest BCUT2D eigenvalue weighted by Gasteiger charge is 2.11. The molecule has 0 aliphatic heterocycles. The minimum absolute atomic E-state index is 0.188. The van der Waals surface area contributed by atoms with Crippen molar-refractivity contribution in [3.63, 3.8) is 0 Å². The van der Waals surface area contributed by atoms with Gasteiger partial charge in [-0.2, -0.15) is 0 Å². The Bertz CT molecular complexity index is 533. The minimum atomic E-state index is -1.15. The van der Waals surface area contributed by atoms with E-state index in [0.717, 1.165) is 11.1 Å². The quantitative estimate of drug-likeness (QED) is 0.884. The smallest absolute Gasteiger partial charge is 0.374 e. The summed E-state index contributed by atoms with van der Waals surface area (Å²) in [6, 6.07) is 8.76. The molecule has 0 unspecified atom stereocenters. The molecule has 0 atom stereocenters. The van der Waals surface area contributed by atoms with E-state index in [1.54, 1.807) is 0 Å². The van der Waals surface area contributed by atoms with Crippen LogP contribution in [0.25, 0.3) is 11.3 Å². The lowest BCUT2D eigenvalue weighted by Gasteiger charge is -2.00. The SMILES string of the molecule is O=C(O)c1cc(-c2ccc(CCCF)cc2)no1. The summed E-state index contributed by atoms with van der Waals surface area (Å²) in [6.45, 7) is -0.326. The van der Waals surface area contributed by atoms with Crippen molar-refractivity contribution in [1.29, 1.82) is 0 Å². The number of halogens is 1. The van der Waals surface area contributed by atoms with Crippen molar-refractivity contribution in [3.05, 3.63) is 41.7 Å². The molecule has 0 amide bonds. The first kappa shape index (κ1) is 12.3. The van der Waals surface area contributed by atoms with E-state index in [1.807, 2.05) is 24.3 Å². The Morgan fingerprint density at radius 2 is 2.06 bits per heavy atom. The topological polar surface area (TPSA) is 63.3 Å². The molecular weight excluding hydrogens is 237 g/mol. The fourth-order valence-corrected chi connectivity index (χ4v) is 1.63. The molecule has 94 valence electrons. The van der Waals surface area contributed by atoms with Gasteiger partial charge in [-0.05, 0) is 18.4 Å². The number of hydrogen-bond acceptors (Lipinski definition) is 3. The summed E-state index contributed by atoms with van der Waals surface area (Å²) in [4.78, 5) is 10.6. The third kappa shape index (κ3) is 2.74. The first-order valence-electron chi connectivity index (χ1n) is 5.56. The maximum absolute atomic E-state index is 12.0. The number of aryl methyl sites for hydroxylation is 1. The molecule has 0 saturated heterocycles. The molecule has 0 spiro atoms. The number of alkyl halides is 1. The zero-order chi connectivity index (χ0) is 13.0. The molecule has 1 aromatic heterocycles. The zero-order valence-electron chi connectivity index (χ0n) is 9.60. The van der Waals surface area contributed by atoms with E-state index < -0.39 is 5.97 Å². The molecule has 2 aromatic rings. The summed E-state index contributed by atoms with van der Waals surface area (Å²) in [5, 5.41) is 12.4. The van der Waals surface area contributed by atoms with Crippen molar-refractivity contribution < 1.29 is 18.8 Å². The Morgan fingerprint density at radius 1 is 1.33 bits per heavy atom. The fourth-order valence-electron chi connectivity index (χ4n) is 1.63. The predicted molar refractivity (Wildman–Crippen MR) is 63.2 cm³/mol. The molecule has 1 heterocycles. The van der Waals surface area contributed by atoms with Crippen molar-refractivity contribution in [2.24, 2.45) is 0 Å². The summed E-state index contributed by atoms with van der Waals surface area (Å²) < 4.78 is 16.7. The highest BCUT2D eigenvalue weighted by Crippen LogP contribution is 2.20. The summed E-state index contributed by atoms with van der Waals surface area (Å²) in [5.41, 5.74) is 2.29.